The Labute approximate surface area is 187 Å². The highest BCUT2D eigenvalue weighted by molar-refractivity contribution is 6.32. The maximum absolute atomic E-state index is 11.7. The number of carbonyl (C=O) groups is 3. The van der Waals surface area contributed by atoms with E-state index < -0.39 is 17.7 Å². The number of Topliss-reactive ketones (excluding diaryl/α,β-unsaturated/α-hetero) is 1. The van der Waals surface area contributed by atoms with Crippen LogP contribution in [0.15, 0.2) is 84.9 Å². The summed E-state index contributed by atoms with van der Waals surface area (Å²) in [6, 6.07) is 23.5. The van der Waals surface area contributed by atoms with Gasteiger partial charge in [0.15, 0.2) is 0 Å². The van der Waals surface area contributed by atoms with Crippen LogP contribution >= 0.6 is 0 Å². The van der Waals surface area contributed by atoms with Crippen LogP contribution in [0.25, 0.3) is 22.3 Å². The van der Waals surface area contributed by atoms with Gasteiger partial charge in [-0.25, -0.2) is 9.59 Å². The Kier molecular flexibility index (Phi) is 7.34. The second-order valence-electron chi connectivity index (χ2n) is 7.41. The second kappa shape index (κ2) is 10.4. The molecule has 3 aromatic carbocycles. The Bertz CT molecular complexity index is 1140. The third kappa shape index (κ3) is 6.01. The summed E-state index contributed by atoms with van der Waals surface area (Å²) in [5.74, 6) is -1.37. The first-order chi connectivity index (χ1) is 15.3. The van der Waals surface area contributed by atoms with Gasteiger partial charge in [0.1, 0.15) is 5.75 Å². The quantitative estimate of drug-likeness (QED) is 0.214. The van der Waals surface area contributed by atoms with Crippen molar-refractivity contribution < 1.29 is 23.9 Å². The van der Waals surface area contributed by atoms with E-state index in [1.54, 1.807) is 19.1 Å². The summed E-state index contributed by atoms with van der Waals surface area (Å²) >= 11 is 0. The average molecular weight is 428 g/mol. The number of carbonyl (C=O) groups excluding carboxylic acids is 3. The van der Waals surface area contributed by atoms with Crippen LogP contribution in [-0.2, 0) is 25.5 Å². The highest BCUT2D eigenvalue weighted by Crippen LogP contribution is 2.28. The van der Waals surface area contributed by atoms with Crippen molar-refractivity contribution in [3.05, 3.63) is 90.5 Å². The molecule has 0 aromatic heterocycles. The molecular weight excluding hydrogens is 404 g/mol. The molecular formula is C27H24O5. The number of benzene rings is 3. The van der Waals surface area contributed by atoms with Crippen LogP contribution in [0.1, 0.15) is 19.4 Å². The predicted molar refractivity (Wildman–Crippen MR) is 123 cm³/mol. The standard InChI is InChI=1S/C27H24O5/c1-18(2)26(29)32-25-13-11-22(12-14-25)24-6-4-5-23(17-24)21-9-7-20(8-10-21)15-16-31-27(30)19(3)28/h4-14,17H,1,15-16H2,2-3H3. The maximum Gasteiger partial charge on any atom is 0.374 e. The Hall–Kier alpha value is -3.99. The number of hydrogen-bond acceptors (Lipinski definition) is 5. The van der Waals surface area contributed by atoms with Crippen molar-refractivity contribution in [1.82, 2.24) is 0 Å². The third-order valence-electron chi connectivity index (χ3n) is 4.81. The molecule has 0 spiro atoms. The van der Waals surface area contributed by atoms with Crippen LogP contribution in [0.3, 0.4) is 0 Å². The topological polar surface area (TPSA) is 69.7 Å². The Morgan fingerprint density at radius 2 is 1.31 bits per heavy atom. The van der Waals surface area contributed by atoms with Crippen LogP contribution in [0.5, 0.6) is 5.75 Å². The van der Waals surface area contributed by atoms with Crippen LogP contribution in [0.4, 0.5) is 0 Å². The molecule has 0 unspecified atom stereocenters. The van der Waals surface area contributed by atoms with E-state index in [1.807, 2.05) is 54.6 Å². The van der Waals surface area contributed by atoms with Gasteiger partial charge >= 0.3 is 11.9 Å². The molecule has 0 aliphatic rings. The normalized spacial score (nSPS) is 10.3. The van der Waals surface area contributed by atoms with E-state index in [4.69, 9.17) is 9.47 Å². The molecule has 0 saturated carbocycles. The summed E-state index contributed by atoms with van der Waals surface area (Å²) in [6.07, 6.45) is 0.543. The third-order valence-corrected chi connectivity index (χ3v) is 4.81. The minimum Gasteiger partial charge on any atom is -0.460 e. The Morgan fingerprint density at radius 1 is 0.750 bits per heavy atom. The molecule has 3 aromatic rings. The lowest BCUT2D eigenvalue weighted by Gasteiger charge is -2.09. The van der Waals surface area contributed by atoms with Crippen molar-refractivity contribution in [3.63, 3.8) is 0 Å². The lowest BCUT2D eigenvalue weighted by atomic mass is 9.98. The van der Waals surface area contributed by atoms with Gasteiger partial charge in [-0.3, -0.25) is 4.79 Å². The van der Waals surface area contributed by atoms with Gasteiger partial charge in [-0.2, -0.15) is 0 Å². The van der Waals surface area contributed by atoms with Crippen LogP contribution < -0.4 is 4.74 Å². The SMILES string of the molecule is C=C(C)C(=O)Oc1ccc(-c2cccc(-c3ccc(CCOC(=O)C(C)=O)cc3)c2)cc1. The van der Waals surface area contributed by atoms with E-state index in [0.717, 1.165) is 27.8 Å². The molecule has 0 saturated heterocycles. The molecule has 0 amide bonds. The van der Waals surface area contributed by atoms with Crippen molar-refractivity contribution in [2.24, 2.45) is 0 Å². The van der Waals surface area contributed by atoms with Gasteiger partial charge in [0, 0.05) is 18.9 Å². The molecule has 3 rings (SSSR count). The minimum atomic E-state index is -0.805. The molecule has 0 atom stereocenters. The summed E-state index contributed by atoms with van der Waals surface area (Å²) in [5, 5.41) is 0. The smallest absolute Gasteiger partial charge is 0.374 e. The van der Waals surface area contributed by atoms with E-state index >= 15 is 0 Å². The number of ether oxygens (including phenoxy) is 2. The Balaban J connectivity index is 1.68. The highest BCUT2D eigenvalue weighted by atomic mass is 16.5. The van der Waals surface area contributed by atoms with Gasteiger partial charge in [0.2, 0.25) is 5.78 Å². The van der Waals surface area contributed by atoms with Crippen molar-refractivity contribution in [2.45, 2.75) is 20.3 Å². The molecule has 0 N–H and O–H groups in total. The first-order valence-corrected chi connectivity index (χ1v) is 10.2. The molecule has 5 heteroatoms. The van der Waals surface area contributed by atoms with Crippen molar-refractivity contribution in [2.75, 3.05) is 6.61 Å². The largest absolute Gasteiger partial charge is 0.460 e. The van der Waals surface area contributed by atoms with Crippen molar-refractivity contribution in [3.8, 4) is 28.0 Å². The zero-order valence-electron chi connectivity index (χ0n) is 18.1. The summed E-state index contributed by atoms with van der Waals surface area (Å²) < 4.78 is 10.1. The minimum absolute atomic E-state index is 0.172. The van der Waals surface area contributed by atoms with E-state index in [1.165, 1.54) is 6.92 Å². The number of hydrogen-bond donors (Lipinski definition) is 0. The van der Waals surface area contributed by atoms with Gasteiger partial charge in [-0.05, 0) is 52.9 Å². The zero-order valence-corrected chi connectivity index (χ0v) is 18.1. The van der Waals surface area contributed by atoms with Gasteiger partial charge in [0.25, 0.3) is 0 Å². The molecule has 0 aliphatic heterocycles. The molecule has 0 aliphatic carbocycles. The zero-order chi connectivity index (χ0) is 23.1. The average Bonchev–Trinajstić information content (AvgIpc) is 2.80. The van der Waals surface area contributed by atoms with E-state index in [2.05, 4.69) is 12.6 Å². The summed E-state index contributed by atoms with van der Waals surface area (Å²) in [4.78, 5) is 33.8. The molecule has 0 fully saturated rings. The molecule has 0 heterocycles. The molecule has 5 nitrogen and oxygen atoms in total. The van der Waals surface area contributed by atoms with Crippen LogP contribution in [-0.4, -0.2) is 24.3 Å². The van der Waals surface area contributed by atoms with Crippen LogP contribution in [0, 0.1) is 0 Å². The van der Waals surface area contributed by atoms with Gasteiger partial charge in [-0.1, -0.05) is 61.2 Å². The molecule has 162 valence electrons. The fourth-order valence-corrected chi connectivity index (χ4v) is 3.01. The van der Waals surface area contributed by atoms with Crippen molar-refractivity contribution >= 4 is 17.7 Å². The van der Waals surface area contributed by atoms with Gasteiger partial charge in [-0.15, -0.1) is 0 Å². The lowest BCUT2D eigenvalue weighted by molar-refractivity contribution is -0.152. The lowest BCUT2D eigenvalue weighted by Crippen LogP contribution is -2.15. The van der Waals surface area contributed by atoms with Crippen molar-refractivity contribution in [1.29, 1.82) is 0 Å². The summed E-state index contributed by atoms with van der Waals surface area (Å²) in [6.45, 7) is 6.55. The summed E-state index contributed by atoms with van der Waals surface area (Å²) in [7, 11) is 0. The van der Waals surface area contributed by atoms with Gasteiger partial charge in [0.05, 0.1) is 6.61 Å². The van der Waals surface area contributed by atoms with E-state index in [-0.39, 0.29) is 6.61 Å². The summed E-state index contributed by atoms with van der Waals surface area (Å²) in [5.41, 5.74) is 5.54. The second-order valence-corrected chi connectivity index (χ2v) is 7.41. The number of esters is 2. The predicted octanol–water partition coefficient (Wildman–Crippen LogP) is 5.18. The van der Waals surface area contributed by atoms with E-state index in [9.17, 15) is 14.4 Å². The molecule has 32 heavy (non-hydrogen) atoms. The molecule has 0 radical (unpaired) electrons. The fraction of sp³-hybridized carbons (Fsp3) is 0.148. The maximum atomic E-state index is 11.7. The first-order valence-electron chi connectivity index (χ1n) is 10.2. The Morgan fingerprint density at radius 3 is 1.84 bits per heavy atom. The highest BCUT2D eigenvalue weighted by Gasteiger charge is 2.09. The molecule has 0 bridgehead atoms. The van der Waals surface area contributed by atoms with Crippen LogP contribution in [0.2, 0.25) is 0 Å². The number of rotatable bonds is 8. The fourth-order valence-electron chi connectivity index (χ4n) is 3.01. The first kappa shape index (κ1) is 22.7. The van der Waals surface area contributed by atoms with E-state index in [0.29, 0.717) is 17.7 Å². The monoisotopic (exact) mass is 428 g/mol. The van der Waals surface area contributed by atoms with Gasteiger partial charge < -0.3 is 9.47 Å². The number of ketones is 1.